The van der Waals surface area contributed by atoms with E-state index in [1.165, 1.54) is 12.8 Å². The van der Waals surface area contributed by atoms with E-state index in [0.717, 1.165) is 30.6 Å². The molecule has 0 amide bonds. The molecule has 0 radical (unpaired) electrons. The Morgan fingerprint density at radius 2 is 2.33 bits per heavy atom. The quantitative estimate of drug-likeness (QED) is 0.589. The van der Waals surface area contributed by atoms with Gasteiger partial charge in [0.15, 0.2) is 0 Å². The Hall–Kier alpha value is -0.670. The summed E-state index contributed by atoms with van der Waals surface area (Å²) in [6.07, 6.45) is 8.68. The summed E-state index contributed by atoms with van der Waals surface area (Å²) in [5.41, 5.74) is 0. The minimum Gasteiger partial charge on any atom is -0.468 e. The van der Waals surface area contributed by atoms with Crippen molar-refractivity contribution in [2.45, 2.75) is 25.4 Å². The minimum atomic E-state index is 0.764. The van der Waals surface area contributed by atoms with Gasteiger partial charge in [0.05, 0.1) is 12.8 Å². The average Bonchev–Trinajstić information content (AvgIpc) is 2.97. The molecular weight excluding hydrogens is 206 g/mol. The monoisotopic (exact) mass is 223 g/mol. The van der Waals surface area contributed by atoms with Crippen molar-refractivity contribution >= 4 is 12.6 Å². The third-order valence-electron chi connectivity index (χ3n) is 2.61. The predicted molar refractivity (Wildman–Crippen MR) is 65.1 cm³/mol. The van der Waals surface area contributed by atoms with E-state index in [1.807, 2.05) is 12.1 Å². The first-order chi connectivity index (χ1) is 7.40. The van der Waals surface area contributed by atoms with Crippen molar-refractivity contribution in [1.82, 2.24) is 4.90 Å². The fourth-order valence-electron chi connectivity index (χ4n) is 1.67. The van der Waals surface area contributed by atoms with Crippen LogP contribution in [0.3, 0.4) is 0 Å². The first kappa shape index (κ1) is 10.8. The molecule has 2 nitrogen and oxygen atoms in total. The SMILES string of the molecule is SCC=CCN(Cc1ccco1)C1CC1. The van der Waals surface area contributed by atoms with Crippen LogP contribution in [0, 0.1) is 0 Å². The van der Waals surface area contributed by atoms with Crippen LogP contribution in [0.2, 0.25) is 0 Å². The van der Waals surface area contributed by atoms with Gasteiger partial charge < -0.3 is 4.42 Å². The average molecular weight is 223 g/mol. The lowest BCUT2D eigenvalue weighted by Crippen LogP contribution is -2.25. The zero-order chi connectivity index (χ0) is 10.5. The molecule has 0 aliphatic heterocycles. The van der Waals surface area contributed by atoms with E-state index >= 15 is 0 Å². The summed E-state index contributed by atoms with van der Waals surface area (Å²) in [6.45, 7) is 1.93. The van der Waals surface area contributed by atoms with Gasteiger partial charge >= 0.3 is 0 Å². The molecule has 1 heterocycles. The van der Waals surface area contributed by atoms with Crippen LogP contribution in [0.25, 0.3) is 0 Å². The van der Waals surface area contributed by atoms with Gasteiger partial charge in [-0.1, -0.05) is 12.2 Å². The molecule has 1 aromatic heterocycles. The van der Waals surface area contributed by atoms with Crippen LogP contribution in [-0.2, 0) is 6.54 Å². The lowest BCUT2D eigenvalue weighted by atomic mass is 10.3. The molecule has 0 saturated heterocycles. The highest BCUT2D eigenvalue weighted by atomic mass is 32.1. The topological polar surface area (TPSA) is 16.4 Å². The fourth-order valence-corrected chi connectivity index (χ4v) is 1.82. The smallest absolute Gasteiger partial charge is 0.117 e. The van der Waals surface area contributed by atoms with Crippen molar-refractivity contribution in [3.63, 3.8) is 0 Å². The van der Waals surface area contributed by atoms with Gasteiger partial charge in [-0.05, 0) is 25.0 Å². The summed E-state index contributed by atoms with van der Waals surface area (Å²) in [4.78, 5) is 2.46. The second-order valence-electron chi connectivity index (χ2n) is 3.89. The Kier molecular flexibility index (Phi) is 3.92. The molecule has 0 aromatic carbocycles. The van der Waals surface area contributed by atoms with E-state index in [4.69, 9.17) is 4.42 Å². The van der Waals surface area contributed by atoms with Crippen LogP contribution < -0.4 is 0 Å². The highest BCUT2D eigenvalue weighted by Crippen LogP contribution is 2.28. The predicted octanol–water partition coefficient (Wildman–Crippen LogP) is 2.73. The largest absolute Gasteiger partial charge is 0.468 e. The third kappa shape index (κ3) is 3.43. The van der Waals surface area contributed by atoms with E-state index in [-0.39, 0.29) is 0 Å². The molecule has 0 atom stereocenters. The zero-order valence-corrected chi connectivity index (χ0v) is 9.70. The molecule has 1 aromatic rings. The highest BCUT2D eigenvalue weighted by molar-refractivity contribution is 7.80. The van der Waals surface area contributed by atoms with Crippen LogP contribution in [0.15, 0.2) is 35.0 Å². The summed E-state index contributed by atoms with van der Waals surface area (Å²) < 4.78 is 5.37. The summed E-state index contributed by atoms with van der Waals surface area (Å²) in [7, 11) is 0. The van der Waals surface area contributed by atoms with Crippen molar-refractivity contribution in [3.8, 4) is 0 Å². The van der Waals surface area contributed by atoms with Crippen LogP contribution in [0.1, 0.15) is 18.6 Å². The Bertz CT molecular complexity index is 303. The van der Waals surface area contributed by atoms with Gasteiger partial charge in [-0.2, -0.15) is 12.6 Å². The van der Waals surface area contributed by atoms with Crippen LogP contribution >= 0.6 is 12.6 Å². The lowest BCUT2D eigenvalue weighted by Gasteiger charge is -2.18. The number of hydrogen-bond donors (Lipinski definition) is 1. The Morgan fingerprint density at radius 1 is 1.47 bits per heavy atom. The van der Waals surface area contributed by atoms with Crippen molar-refractivity contribution in [1.29, 1.82) is 0 Å². The normalized spacial score (nSPS) is 16.7. The minimum absolute atomic E-state index is 0.764. The van der Waals surface area contributed by atoms with Crippen LogP contribution in [0.5, 0.6) is 0 Å². The Labute approximate surface area is 96.4 Å². The molecule has 1 fully saturated rings. The second-order valence-corrected chi connectivity index (χ2v) is 4.26. The highest BCUT2D eigenvalue weighted by Gasteiger charge is 2.28. The van der Waals surface area contributed by atoms with E-state index < -0.39 is 0 Å². The maximum atomic E-state index is 5.37. The van der Waals surface area contributed by atoms with Crippen molar-refractivity contribution in [2.24, 2.45) is 0 Å². The lowest BCUT2D eigenvalue weighted by molar-refractivity contribution is 0.258. The third-order valence-corrected chi connectivity index (χ3v) is 2.83. The number of thiol groups is 1. The molecule has 1 aliphatic rings. The van der Waals surface area contributed by atoms with Crippen molar-refractivity contribution in [2.75, 3.05) is 12.3 Å². The van der Waals surface area contributed by atoms with E-state index in [1.54, 1.807) is 6.26 Å². The number of furan rings is 1. The van der Waals surface area contributed by atoms with Crippen molar-refractivity contribution in [3.05, 3.63) is 36.3 Å². The molecule has 3 heteroatoms. The van der Waals surface area contributed by atoms with Gasteiger partial charge in [0.1, 0.15) is 5.76 Å². The number of hydrogen-bond acceptors (Lipinski definition) is 3. The molecular formula is C12H17NOS. The maximum absolute atomic E-state index is 5.37. The van der Waals surface area contributed by atoms with Crippen molar-refractivity contribution < 1.29 is 4.42 Å². The first-order valence-electron chi connectivity index (χ1n) is 5.42. The molecule has 15 heavy (non-hydrogen) atoms. The Balaban J connectivity index is 1.86. The van der Waals surface area contributed by atoms with E-state index in [0.29, 0.717) is 0 Å². The van der Waals surface area contributed by atoms with Gasteiger partial charge in [0, 0.05) is 18.3 Å². The molecule has 2 rings (SSSR count). The van der Waals surface area contributed by atoms with Gasteiger partial charge in [-0.3, -0.25) is 4.90 Å². The summed E-state index contributed by atoms with van der Waals surface area (Å²) in [5, 5.41) is 0. The number of nitrogens with zero attached hydrogens (tertiary/aromatic N) is 1. The van der Waals surface area contributed by atoms with Crippen LogP contribution in [0.4, 0.5) is 0 Å². The van der Waals surface area contributed by atoms with Gasteiger partial charge in [0.25, 0.3) is 0 Å². The van der Waals surface area contributed by atoms with E-state index in [2.05, 4.69) is 29.7 Å². The molecule has 0 N–H and O–H groups in total. The summed E-state index contributed by atoms with van der Waals surface area (Å²) >= 11 is 4.16. The molecule has 1 saturated carbocycles. The molecule has 0 spiro atoms. The molecule has 0 unspecified atom stereocenters. The van der Waals surface area contributed by atoms with Gasteiger partial charge in [-0.15, -0.1) is 0 Å². The summed E-state index contributed by atoms with van der Waals surface area (Å²) in [6, 6.07) is 4.75. The standard InChI is InChI=1S/C12H17NOS/c15-9-2-1-7-13(11-5-6-11)10-12-4-3-8-14-12/h1-4,8,11,15H,5-7,9-10H2. The first-order valence-corrected chi connectivity index (χ1v) is 6.05. The van der Waals surface area contributed by atoms with Gasteiger partial charge in [0.2, 0.25) is 0 Å². The van der Waals surface area contributed by atoms with E-state index in [9.17, 15) is 0 Å². The zero-order valence-electron chi connectivity index (χ0n) is 8.80. The molecule has 0 bridgehead atoms. The second kappa shape index (κ2) is 5.42. The van der Waals surface area contributed by atoms with Crippen LogP contribution in [-0.4, -0.2) is 23.2 Å². The Morgan fingerprint density at radius 3 is 2.93 bits per heavy atom. The fraction of sp³-hybridized carbons (Fsp3) is 0.500. The molecule has 82 valence electrons. The molecule has 1 aliphatic carbocycles. The maximum Gasteiger partial charge on any atom is 0.117 e. The summed E-state index contributed by atoms with van der Waals surface area (Å²) in [5.74, 6) is 1.88. The number of rotatable bonds is 6. The van der Waals surface area contributed by atoms with Gasteiger partial charge in [-0.25, -0.2) is 0 Å².